The van der Waals surface area contributed by atoms with Gasteiger partial charge in [0.15, 0.2) is 17.3 Å². The van der Waals surface area contributed by atoms with Crippen LogP contribution in [0.15, 0.2) is 77.1 Å². The van der Waals surface area contributed by atoms with Crippen molar-refractivity contribution in [3.05, 3.63) is 82.7 Å². The van der Waals surface area contributed by atoms with E-state index in [4.69, 9.17) is 9.47 Å². The van der Waals surface area contributed by atoms with Crippen LogP contribution in [0.5, 0.6) is 11.5 Å². The summed E-state index contributed by atoms with van der Waals surface area (Å²) in [6.45, 7) is 0.234. The molecule has 144 valence electrons. The third kappa shape index (κ3) is 3.73. The van der Waals surface area contributed by atoms with Crippen molar-refractivity contribution in [3.8, 4) is 11.5 Å². The van der Waals surface area contributed by atoms with Crippen LogP contribution in [0.2, 0.25) is 0 Å². The maximum absolute atomic E-state index is 12.9. The number of hydrogen-bond acceptors (Lipinski definition) is 6. The summed E-state index contributed by atoms with van der Waals surface area (Å²) >= 11 is 3.15. The number of ketones is 1. The summed E-state index contributed by atoms with van der Waals surface area (Å²) in [5.74, 6) is 1.62. The van der Waals surface area contributed by atoms with E-state index in [0.717, 1.165) is 37.7 Å². The minimum absolute atomic E-state index is 0.0632. The maximum Gasteiger partial charge on any atom is 0.231 e. The molecule has 4 nitrogen and oxygen atoms in total. The van der Waals surface area contributed by atoms with Gasteiger partial charge in [0, 0.05) is 28.1 Å². The monoisotopic (exact) mass is 419 g/mol. The lowest BCUT2D eigenvalue weighted by Crippen LogP contribution is -2.04. The standard InChI is InChI=1S/C23H17NO3S2/c25-17(20-7-3-11-28-20)13-22(16-8-9-18-19(12-16)27-14-26-18)29-21-6-1-4-15-5-2-10-24-23(15)21/h1-12,22H,13-14H2/t22-/m1/s1. The van der Waals surface area contributed by atoms with E-state index in [2.05, 4.69) is 23.2 Å². The fraction of sp³-hybridized carbons (Fsp3) is 0.130. The molecule has 0 N–H and O–H groups in total. The molecule has 1 aliphatic heterocycles. The summed E-state index contributed by atoms with van der Waals surface area (Å²) < 4.78 is 11.0. The Morgan fingerprint density at radius 1 is 1.07 bits per heavy atom. The summed E-state index contributed by atoms with van der Waals surface area (Å²) in [5, 5.41) is 2.96. The number of hydrogen-bond donors (Lipinski definition) is 0. The van der Waals surface area contributed by atoms with Crippen LogP contribution in [0.1, 0.15) is 26.9 Å². The molecule has 3 heterocycles. The first-order chi connectivity index (χ1) is 14.3. The molecule has 6 heteroatoms. The van der Waals surface area contributed by atoms with Crippen molar-refractivity contribution in [2.75, 3.05) is 6.79 Å². The van der Waals surface area contributed by atoms with Gasteiger partial charge >= 0.3 is 0 Å². The van der Waals surface area contributed by atoms with Crippen molar-refractivity contribution < 1.29 is 14.3 Å². The number of thiophene rings is 1. The van der Waals surface area contributed by atoms with Crippen LogP contribution in [0.3, 0.4) is 0 Å². The van der Waals surface area contributed by atoms with Gasteiger partial charge in [-0.25, -0.2) is 0 Å². The third-order valence-electron chi connectivity index (χ3n) is 4.80. The smallest absolute Gasteiger partial charge is 0.231 e. The number of ether oxygens (including phenoxy) is 2. The Morgan fingerprint density at radius 2 is 1.97 bits per heavy atom. The first-order valence-electron chi connectivity index (χ1n) is 9.24. The highest BCUT2D eigenvalue weighted by atomic mass is 32.2. The number of pyridine rings is 1. The molecule has 29 heavy (non-hydrogen) atoms. The molecule has 0 saturated heterocycles. The molecule has 0 amide bonds. The van der Waals surface area contributed by atoms with Gasteiger partial charge in [-0.3, -0.25) is 9.78 Å². The number of carbonyl (C=O) groups is 1. The van der Waals surface area contributed by atoms with E-state index in [-0.39, 0.29) is 17.8 Å². The fourth-order valence-electron chi connectivity index (χ4n) is 3.37. The van der Waals surface area contributed by atoms with Crippen molar-refractivity contribution in [2.45, 2.75) is 16.6 Å². The molecule has 4 aromatic rings. The number of fused-ring (bicyclic) bond motifs is 2. The Morgan fingerprint density at radius 3 is 2.86 bits per heavy atom. The van der Waals surface area contributed by atoms with Crippen LogP contribution in [0.25, 0.3) is 10.9 Å². The van der Waals surface area contributed by atoms with Crippen molar-refractivity contribution in [1.82, 2.24) is 4.98 Å². The average molecular weight is 420 g/mol. The van der Waals surface area contributed by atoms with Crippen LogP contribution in [-0.2, 0) is 0 Å². The minimum atomic E-state index is -0.0632. The molecule has 1 atom stereocenters. The van der Waals surface area contributed by atoms with Crippen LogP contribution in [0, 0.1) is 0 Å². The Bertz CT molecular complexity index is 1170. The molecule has 0 radical (unpaired) electrons. The first-order valence-corrected chi connectivity index (χ1v) is 11.0. The number of carbonyl (C=O) groups excluding carboxylic acids is 1. The van der Waals surface area contributed by atoms with Gasteiger partial charge in [-0.05, 0) is 41.3 Å². The Kier molecular flexibility index (Phi) is 4.96. The quantitative estimate of drug-likeness (QED) is 0.278. The highest BCUT2D eigenvalue weighted by Gasteiger charge is 2.23. The van der Waals surface area contributed by atoms with Gasteiger partial charge in [0.2, 0.25) is 6.79 Å². The highest BCUT2D eigenvalue weighted by molar-refractivity contribution is 7.99. The lowest BCUT2D eigenvalue weighted by atomic mass is 10.1. The van der Waals surface area contributed by atoms with Crippen molar-refractivity contribution in [1.29, 1.82) is 0 Å². The van der Waals surface area contributed by atoms with Gasteiger partial charge in [0.25, 0.3) is 0 Å². The van der Waals surface area contributed by atoms with E-state index >= 15 is 0 Å². The number of aromatic nitrogens is 1. The largest absolute Gasteiger partial charge is 0.454 e. The second-order valence-corrected chi connectivity index (χ2v) is 8.85. The molecule has 0 fully saturated rings. The summed E-state index contributed by atoms with van der Waals surface area (Å²) in [7, 11) is 0. The molecular weight excluding hydrogens is 402 g/mol. The molecule has 2 aromatic carbocycles. The number of thioether (sulfide) groups is 1. The van der Waals surface area contributed by atoms with Crippen LogP contribution in [0.4, 0.5) is 0 Å². The first kappa shape index (κ1) is 18.2. The Hall–Kier alpha value is -2.83. The van der Waals surface area contributed by atoms with Crippen molar-refractivity contribution >= 4 is 39.8 Å². The highest BCUT2D eigenvalue weighted by Crippen LogP contribution is 2.44. The topological polar surface area (TPSA) is 48.4 Å². The molecule has 0 aliphatic carbocycles. The minimum Gasteiger partial charge on any atom is -0.454 e. The van der Waals surface area contributed by atoms with Crippen LogP contribution in [-0.4, -0.2) is 17.6 Å². The lowest BCUT2D eigenvalue weighted by Gasteiger charge is -2.17. The molecule has 0 bridgehead atoms. The van der Waals surface area contributed by atoms with Gasteiger partial charge < -0.3 is 9.47 Å². The van der Waals surface area contributed by atoms with Gasteiger partial charge in [-0.1, -0.05) is 30.3 Å². The predicted octanol–water partition coefficient (Wildman–Crippen LogP) is 6.13. The van der Waals surface area contributed by atoms with Crippen molar-refractivity contribution in [2.24, 2.45) is 0 Å². The normalized spacial score (nSPS) is 13.5. The summed E-state index contributed by atoms with van der Waals surface area (Å²) in [5.41, 5.74) is 1.99. The molecule has 0 saturated carbocycles. The van der Waals surface area contributed by atoms with E-state index in [1.165, 1.54) is 11.3 Å². The maximum atomic E-state index is 12.9. The SMILES string of the molecule is O=C(C[C@@H](Sc1cccc2cccnc12)c1ccc2c(c1)OCO2)c1cccs1. The summed E-state index contributed by atoms with van der Waals surface area (Å²) in [6.07, 6.45) is 2.20. The number of para-hydroxylation sites is 1. The Labute approximate surface area is 176 Å². The molecule has 0 unspecified atom stereocenters. The van der Waals surface area contributed by atoms with Crippen LogP contribution < -0.4 is 9.47 Å². The Balaban J connectivity index is 1.51. The number of Topliss-reactive ketones (excluding diaryl/α,β-unsaturated/α-hetero) is 1. The summed E-state index contributed by atoms with van der Waals surface area (Å²) in [4.78, 5) is 19.3. The van der Waals surface area contributed by atoms with E-state index < -0.39 is 0 Å². The van der Waals surface area contributed by atoms with E-state index in [1.54, 1.807) is 18.0 Å². The number of benzene rings is 2. The van der Waals surface area contributed by atoms with Crippen LogP contribution >= 0.6 is 23.1 Å². The van der Waals surface area contributed by atoms with Gasteiger partial charge in [-0.2, -0.15) is 0 Å². The molecular formula is C23H17NO3S2. The zero-order valence-electron chi connectivity index (χ0n) is 15.4. The van der Waals surface area contributed by atoms with Gasteiger partial charge in [-0.15, -0.1) is 23.1 Å². The second kappa shape index (κ2) is 7.89. The predicted molar refractivity (Wildman–Crippen MR) is 116 cm³/mol. The zero-order valence-corrected chi connectivity index (χ0v) is 17.0. The fourth-order valence-corrected chi connectivity index (χ4v) is 5.31. The third-order valence-corrected chi connectivity index (χ3v) is 7.02. The van der Waals surface area contributed by atoms with E-state index in [9.17, 15) is 4.79 Å². The zero-order chi connectivity index (χ0) is 19.6. The van der Waals surface area contributed by atoms with Gasteiger partial charge in [0.05, 0.1) is 10.4 Å². The molecule has 2 aromatic heterocycles. The average Bonchev–Trinajstić information content (AvgIpc) is 3.45. The second-order valence-electron chi connectivity index (χ2n) is 6.66. The van der Waals surface area contributed by atoms with Gasteiger partial charge in [0.1, 0.15) is 0 Å². The van der Waals surface area contributed by atoms with E-state index in [0.29, 0.717) is 6.42 Å². The molecule has 1 aliphatic rings. The number of rotatable bonds is 6. The van der Waals surface area contributed by atoms with E-state index in [1.807, 2.05) is 47.8 Å². The molecule has 0 spiro atoms. The summed E-state index contributed by atoms with van der Waals surface area (Å²) in [6, 6.07) is 19.9. The number of nitrogens with zero attached hydrogens (tertiary/aromatic N) is 1. The molecule has 5 rings (SSSR count). The lowest BCUT2D eigenvalue weighted by molar-refractivity contribution is 0.0986. The van der Waals surface area contributed by atoms with Crippen molar-refractivity contribution in [3.63, 3.8) is 0 Å².